The molecule has 4 nitrogen and oxygen atoms in total. The second-order valence-corrected chi connectivity index (χ2v) is 3.14. The summed E-state index contributed by atoms with van der Waals surface area (Å²) < 4.78 is 0. The van der Waals surface area contributed by atoms with Gasteiger partial charge in [0.1, 0.15) is 0 Å². The number of aliphatic hydroxyl groups excluding tert-OH is 1. The number of hydrogen-bond acceptors (Lipinski definition) is 3. The number of carbonyl (C=O) groups excluding carboxylic acids is 1. The molecule has 0 fully saturated rings. The number of nitrogens with one attached hydrogen (secondary N) is 1. The van der Waals surface area contributed by atoms with Crippen LogP contribution in [0.2, 0.25) is 0 Å². The minimum absolute atomic E-state index is 0.0944. The molecule has 0 aromatic carbocycles. The van der Waals surface area contributed by atoms with Crippen LogP contribution in [0.1, 0.15) is 20.3 Å². The predicted molar refractivity (Wildman–Crippen MR) is 47.5 cm³/mol. The maximum absolute atomic E-state index is 11.1. The van der Waals surface area contributed by atoms with Gasteiger partial charge in [0.15, 0.2) is 0 Å². The lowest BCUT2D eigenvalue weighted by atomic mass is 10.1. The van der Waals surface area contributed by atoms with E-state index in [1.165, 1.54) is 0 Å². The molecule has 1 amide bonds. The quantitative estimate of drug-likeness (QED) is 0.490. The van der Waals surface area contributed by atoms with Gasteiger partial charge in [-0.15, -0.1) is 0 Å². The molecule has 0 aromatic rings. The fourth-order valence-corrected chi connectivity index (χ4v) is 0.711. The molecule has 0 aromatic heterocycles. The lowest BCUT2D eigenvalue weighted by Gasteiger charge is -2.14. The molecule has 1 unspecified atom stereocenters. The Morgan fingerprint density at radius 3 is 2.58 bits per heavy atom. The Morgan fingerprint density at radius 2 is 2.17 bits per heavy atom. The zero-order chi connectivity index (χ0) is 9.56. The molecule has 0 saturated carbocycles. The minimum atomic E-state index is -0.441. The van der Waals surface area contributed by atoms with Gasteiger partial charge in [-0.1, -0.05) is 13.8 Å². The zero-order valence-corrected chi connectivity index (χ0v) is 7.71. The van der Waals surface area contributed by atoms with Gasteiger partial charge < -0.3 is 16.2 Å². The van der Waals surface area contributed by atoms with Crippen molar-refractivity contribution in [3.05, 3.63) is 0 Å². The van der Waals surface area contributed by atoms with E-state index in [9.17, 15) is 4.79 Å². The lowest BCUT2D eigenvalue weighted by molar-refractivity contribution is -0.123. The van der Waals surface area contributed by atoms with E-state index >= 15 is 0 Å². The summed E-state index contributed by atoms with van der Waals surface area (Å²) in [5.74, 6) is 0.0116. The topological polar surface area (TPSA) is 75.4 Å². The molecule has 1 atom stereocenters. The Bertz CT molecular complexity index is 137. The molecule has 0 aliphatic carbocycles. The predicted octanol–water partition coefficient (Wildman–Crippen LogP) is -0.532. The average Bonchev–Trinajstić information content (AvgIpc) is 2.03. The van der Waals surface area contributed by atoms with Crippen LogP contribution < -0.4 is 11.1 Å². The van der Waals surface area contributed by atoms with Crippen molar-refractivity contribution in [3.63, 3.8) is 0 Å². The first-order valence-corrected chi connectivity index (χ1v) is 4.23. The van der Waals surface area contributed by atoms with Crippen molar-refractivity contribution < 1.29 is 9.90 Å². The van der Waals surface area contributed by atoms with E-state index < -0.39 is 6.04 Å². The van der Waals surface area contributed by atoms with Gasteiger partial charge in [-0.3, -0.25) is 4.79 Å². The number of rotatable bonds is 5. The number of amides is 1. The largest absolute Gasteiger partial charge is 0.396 e. The summed E-state index contributed by atoms with van der Waals surface area (Å²) >= 11 is 0. The fourth-order valence-electron chi connectivity index (χ4n) is 0.711. The van der Waals surface area contributed by atoms with Crippen molar-refractivity contribution in [3.8, 4) is 0 Å². The Morgan fingerprint density at radius 1 is 1.58 bits per heavy atom. The van der Waals surface area contributed by atoms with Crippen molar-refractivity contribution in [2.45, 2.75) is 26.3 Å². The summed E-state index contributed by atoms with van der Waals surface area (Å²) in [5.41, 5.74) is 5.57. The monoisotopic (exact) mass is 174 g/mol. The molecule has 0 radical (unpaired) electrons. The van der Waals surface area contributed by atoms with Crippen LogP contribution in [-0.4, -0.2) is 30.2 Å². The highest BCUT2D eigenvalue weighted by atomic mass is 16.3. The van der Waals surface area contributed by atoms with E-state index in [1.807, 2.05) is 13.8 Å². The van der Waals surface area contributed by atoms with Gasteiger partial charge in [0.25, 0.3) is 0 Å². The first kappa shape index (κ1) is 11.4. The Kier molecular flexibility index (Phi) is 5.66. The summed E-state index contributed by atoms with van der Waals surface area (Å²) in [4.78, 5) is 11.1. The second kappa shape index (κ2) is 5.97. The molecule has 72 valence electrons. The maximum Gasteiger partial charge on any atom is 0.237 e. The molecule has 0 saturated heterocycles. The van der Waals surface area contributed by atoms with Crippen LogP contribution in [0.15, 0.2) is 0 Å². The molecule has 0 aliphatic heterocycles. The van der Waals surface area contributed by atoms with Crippen LogP contribution in [-0.2, 0) is 4.79 Å². The van der Waals surface area contributed by atoms with E-state index in [2.05, 4.69) is 5.32 Å². The van der Waals surface area contributed by atoms with Gasteiger partial charge in [-0.05, 0) is 12.3 Å². The van der Waals surface area contributed by atoms with Crippen LogP contribution in [0.5, 0.6) is 0 Å². The molecular formula is C8H18N2O2. The van der Waals surface area contributed by atoms with Gasteiger partial charge in [0.05, 0.1) is 6.04 Å². The van der Waals surface area contributed by atoms with E-state index in [0.29, 0.717) is 13.0 Å². The van der Waals surface area contributed by atoms with Crippen molar-refractivity contribution >= 4 is 5.91 Å². The van der Waals surface area contributed by atoms with E-state index in [0.717, 1.165) is 0 Å². The third-order valence-corrected chi connectivity index (χ3v) is 1.66. The maximum atomic E-state index is 11.1. The molecule has 0 aliphatic rings. The van der Waals surface area contributed by atoms with E-state index in [1.54, 1.807) is 0 Å². The van der Waals surface area contributed by atoms with Gasteiger partial charge in [0, 0.05) is 13.2 Å². The van der Waals surface area contributed by atoms with Crippen molar-refractivity contribution in [1.82, 2.24) is 5.32 Å². The van der Waals surface area contributed by atoms with Gasteiger partial charge in [-0.2, -0.15) is 0 Å². The third kappa shape index (κ3) is 4.31. The van der Waals surface area contributed by atoms with Gasteiger partial charge >= 0.3 is 0 Å². The Labute approximate surface area is 73.1 Å². The van der Waals surface area contributed by atoms with Crippen LogP contribution in [0.25, 0.3) is 0 Å². The molecule has 12 heavy (non-hydrogen) atoms. The molecule has 4 N–H and O–H groups in total. The molecule has 0 rings (SSSR count). The molecule has 4 heteroatoms. The minimum Gasteiger partial charge on any atom is -0.396 e. The van der Waals surface area contributed by atoms with E-state index in [4.69, 9.17) is 10.8 Å². The highest BCUT2D eigenvalue weighted by Gasteiger charge is 2.15. The first-order valence-electron chi connectivity index (χ1n) is 4.23. The van der Waals surface area contributed by atoms with Crippen molar-refractivity contribution in [2.75, 3.05) is 13.2 Å². The summed E-state index contributed by atoms with van der Waals surface area (Å²) in [6.45, 7) is 4.39. The highest BCUT2D eigenvalue weighted by Crippen LogP contribution is 1.97. The smallest absolute Gasteiger partial charge is 0.237 e. The van der Waals surface area contributed by atoms with Crippen LogP contribution in [0.4, 0.5) is 0 Å². The number of hydrogen-bond donors (Lipinski definition) is 3. The molecule has 0 spiro atoms. The summed E-state index contributed by atoms with van der Waals surface area (Å²) in [6.07, 6.45) is 0.580. The average molecular weight is 174 g/mol. The third-order valence-electron chi connectivity index (χ3n) is 1.66. The molecule has 0 bridgehead atoms. The van der Waals surface area contributed by atoms with Crippen LogP contribution >= 0.6 is 0 Å². The van der Waals surface area contributed by atoms with Gasteiger partial charge in [0.2, 0.25) is 5.91 Å². The van der Waals surface area contributed by atoms with E-state index in [-0.39, 0.29) is 18.4 Å². The number of aliphatic hydroxyl groups is 1. The highest BCUT2D eigenvalue weighted by molar-refractivity contribution is 5.81. The lowest BCUT2D eigenvalue weighted by Crippen LogP contribution is -2.44. The normalized spacial score (nSPS) is 13.1. The van der Waals surface area contributed by atoms with Crippen molar-refractivity contribution in [1.29, 1.82) is 0 Å². The first-order chi connectivity index (χ1) is 5.59. The molecular weight excluding hydrogens is 156 g/mol. The van der Waals surface area contributed by atoms with Crippen molar-refractivity contribution in [2.24, 2.45) is 11.7 Å². The van der Waals surface area contributed by atoms with Crippen LogP contribution in [0.3, 0.4) is 0 Å². The van der Waals surface area contributed by atoms with Crippen LogP contribution in [0, 0.1) is 5.92 Å². The number of carbonyl (C=O) groups is 1. The standard InChI is InChI=1S/C8H18N2O2/c1-6(2)7(9)8(12)10-4-3-5-11/h6-7,11H,3-5,9H2,1-2H3,(H,10,12). The summed E-state index contributed by atoms with van der Waals surface area (Å²) in [6, 6.07) is -0.441. The van der Waals surface area contributed by atoms with Gasteiger partial charge in [-0.25, -0.2) is 0 Å². The second-order valence-electron chi connectivity index (χ2n) is 3.14. The zero-order valence-electron chi connectivity index (χ0n) is 7.71. The molecule has 0 heterocycles. The SMILES string of the molecule is CC(C)C(N)C(=O)NCCCO. The summed E-state index contributed by atoms with van der Waals surface area (Å²) in [7, 11) is 0. The fraction of sp³-hybridized carbons (Fsp3) is 0.875. The Balaban J connectivity index is 3.57. The summed E-state index contributed by atoms with van der Waals surface area (Å²) in [5, 5.41) is 11.1. The Hall–Kier alpha value is -0.610. The number of nitrogens with two attached hydrogens (primary N) is 1.